The summed E-state index contributed by atoms with van der Waals surface area (Å²) in [5, 5.41) is 1.06. The van der Waals surface area contributed by atoms with Crippen LogP contribution in [0.3, 0.4) is 0 Å². The van der Waals surface area contributed by atoms with Gasteiger partial charge in [0.2, 0.25) is 0 Å². The smallest absolute Gasteiger partial charge is 0.147 e. The van der Waals surface area contributed by atoms with Crippen LogP contribution < -0.4 is 4.74 Å². The number of rotatable bonds is 4. The number of imidazole rings is 1. The van der Waals surface area contributed by atoms with E-state index in [0.29, 0.717) is 6.61 Å². The Morgan fingerprint density at radius 2 is 1.90 bits per heavy atom. The van der Waals surface area contributed by atoms with Crippen molar-refractivity contribution in [1.82, 2.24) is 14.4 Å². The molecular formula is C24H27N3O2. The first kappa shape index (κ1) is 18.4. The molecule has 0 bridgehead atoms. The van der Waals surface area contributed by atoms with Gasteiger partial charge in [-0.15, -0.1) is 0 Å². The van der Waals surface area contributed by atoms with Crippen LogP contribution in [-0.2, 0) is 10.2 Å². The monoisotopic (exact) mass is 389 g/mol. The number of para-hydroxylation sites is 1. The SMILES string of the molecule is CCC1(COc2cccc3nc4c5ccc(C(C)(C)C)nc5ccn4c23)COC1. The van der Waals surface area contributed by atoms with E-state index in [1.807, 2.05) is 18.2 Å². The molecule has 0 N–H and O–H groups in total. The molecule has 1 aliphatic rings. The summed E-state index contributed by atoms with van der Waals surface area (Å²) in [5.74, 6) is 0.869. The Labute approximate surface area is 170 Å². The van der Waals surface area contributed by atoms with Crippen molar-refractivity contribution in [2.75, 3.05) is 19.8 Å². The molecule has 0 spiro atoms. The molecule has 0 amide bonds. The zero-order chi connectivity index (χ0) is 20.2. The summed E-state index contributed by atoms with van der Waals surface area (Å²) < 4.78 is 13.9. The quantitative estimate of drug-likeness (QED) is 0.485. The lowest BCUT2D eigenvalue weighted by Gasteiger charge is -2.40. The van der Waals surface area contributed by atoms with Crippen LogP contribution >= 0.6 is 0 Å². The zero-order valence-electron chi connectivity index (χ0n) is 17.5. The highest BCUT2D eigenvalue weighted by Gasteiger charge is 2.37. The Bertz CT molecular complexity index is 1210. The van der Waals surface area contributed by atoms with E-state index in [1.165, 1.54) is 0 Å². The highest BCUT2D eigenvalue weighted by Crippen LogP contribution is 2.35. The maximum absolute atomic E-state index is 6.30. The summed E-state index contributed by atoms with van der Waals surface area (Å²) in [7, 11) is 0. The van der Waals surface area contributed by atoms with Gasteiger partial charge in [-0.2, -0.15) is 0 Å². The van der Waals surface area contributed by atoms with E-state index in [9.17, 15) is 0 Å². The standard InChI is InChI=1S/C24H27N3O2/c1-5-24(13-28-14-24)15-29-19-8-6-7-18-21(19)27-12-11-17-16(22(27)26-18)9-10-20(25-17)23(2,3)4/h6-12H,5,13-15H2,1-4H3. The molecule has 5 heteroatoms. The molecule has 0 radical (unpaired) electrons. The molecule has 1 saturated heterocycles. The van der Waals surface area contributed by atoms with Gasteiger partial charge in [-0.3, -0.25) is 9.38 Å². The van der Waals surface area contributed by atoms with E-state index in [-0.39, 0.29) is 10.8 Å². The summed E-state index contributed by atoms with van der Waals surface area (Å²) in [6.45, 7) is 11.0. The summed E-state index contributed by atoms with van der Waals surface area (Å²) in [4.78, 5) is 9.80. The summed E-state index contributed by atoms with van der Waals surface area (Å²) in [5.41, 5.74) is 5.07. The molecule has 0 aliphatic carbocycles. The zero-order valence-corrected chi connectivity index (χ0v) is 17.5. The van der Waals surface area contributed by atoms with E-state index in [4.69, 9.17) is 19.4 Å². The van der Waals surface area contributed by atoms with Gasteiger partial charge in [-0.25, -0.2) is 4.98 Å². The van der Waals surface area contributed by atoms with Crippen molar-refractivity contribution in [3.63, 3.8) is 0 Å². The molecule has 29 heavy (non-hydrogen) atoms. The molecule has 4 heterocycles. The third-order valence-corrected chi connectivity index (χ3v) is 6.09. The fraction of sp³-hybridized carbons (Fsp3) is 0.417. The van der Waals surface area contributed by atoms with E-state index in [0.717, 1.165) is 58.7 Å². The molecule has 3 aromatic heterocycles. The Balaban J connectivity index is 1.62. The first-order valence-corrected chi connectivity index (χ1v) is 10.3. The highest BCUT2D eigenvalue weighted by molar-refractivity contribution is 5.97. The average Bonchev–Trinajstić information content (AvgIpc) is 3.06. The summed E-state index contributed by atoms with van der Waals surface area (Å²) in [6, 6.07) is 12.4. The Morgan fingerprint density at radius 1 is 1.07 bits per heavy atom. The molecule has 5 rings (SSSR count). The van der Waals surface area contributed by atoms with Crippen molar-refractivity contribution in [1.29, 1.82) is 0 Å². The lowest BCUT2D eigenvalue weighted by molar-refractivity contribution is -0.133. The highest BCUT2D eigenvalue weighted by atomic mass is 16.5. The van der Waals surface area contributed by atoms with Gasteiger partial charge >= 0.3 is 0 Å². The van der Waals surface area contributed by atoms with Gasteiger partial charge in [0.25, 0.3) is 0 Å². The van der Waals surface area contributed by atoms with E-state index < -0.39 is 0 Å². The molecule has 1 fully saturated rings. The van der Waals surface area contributed by atoms with Crippen LogP contribution in [0.2, 0.25) is 0 Å². The third-order valence-electron chi connectivity index (χ3n) is 6.09. The first-order valence-electron chi connectivity index (χ1n) is 10.3. The second-order valence-corrected chi connectivity index (χ2v) is 9.26. The second kappa shape index (κ2) is 6.42. The fourth-order valence-corrected chi connectivity index (χ4v) is 3.93. The number of hydrogen-bond donors (Lipinski definition) is 0. The largest absolute Gasteiger partial charge is 0.491 e. The van der Waals surface area contributed by atoms with E-state index in [1.54, 1.807) is 0 Å². The lowest BCUT2D eigenvalue weighted by atomic mass is 9.84. The lowest BCUT2D eigenvalue weighted by Crippen LogP contribution is -2.46. The maximum Gasteiger partial charge on any atom is 0.147 e. The number of fused-ring (bicyclic) bond motifs is 5. The molecule has 4 aromatic rings. The van der Waals surface area contributed by atoms with Gasteiger partial charge in [0, 0.05) is 22.7 Å². The fourth-order valence-electron chi connectivity index (χ4n) is 3.93. The first-order chi connectivity index (χ1) is 13.9. The van der Waals surface area contributed by atoms with Crippen LogP contribution in [0.1, 0.15) is 39.8 Å². The van der Waals surface area contributed by atoms with Crippen LogP contribution in [0, 0.1) is 5.41 Å². The van der Waals surface area contributed by atoms with Crippen LogP contribution in [0.4, 0.5) is 0 Å². The number of hydrogen-bond acceptors (Lipinski definition) is 4. The van der Waals surface area contributed by atoms with Crippen molar-refractivity contribution in [2.24, 2.45) is 5.41 Å². The van der Waals surface area contributed by atoms with E-state index >= 15 is 0 Å². The number of pyridine rings is 2. The van der Waals surface area contributed by atoms with Gasteiger partial charge in [0.1, 0.15) is 16.9 Å². The minimum absolute atomic E-state index is 0.0158. The molecule has 1 aliphatic heterocycles. The molecule has 0 unspecified atom stereocenters. The van der Waals surface area contributed by atoms with Gasteiger partial charge in [-0.1, -0.05) is 33.8 Å². The maximum atomic E-state index is 6.30. The topological polar surface area (TPSA) is 48.7 Å². The minimum Gasteiger partial charge on any atom is -0.491 e. The number of nitrogens with zero attached hydrogens (tertiary/aromatic N) is 3. The Hall–Kier alpha value is -2.66. The normalized spacial score (nSPS) is 16.4. The van der Waals surface area contributed by atoms with Crippen molar-refractivity contribution in [2.45, 2.75) is 39.5 Å². The van der Waals surface area contributed by atoms with Crippen molar-refractivity contribution in [3.8, 4) is 5.75 Å². The summed E-state index contributed by atoms with van der Waals surface area (Å²) >= 11 is 0. The third kappa shape index (κ3) is 2.96. The molecule has 150 valence electrons. The molecule has 0 saturated carbocycles. The molecule has 0 atom stereocenters. The number of benzene rings is 1. The van der Waals surface area contributed by atoms with Crippen molar-refractivity contribution in [3.05, 3.63) is 48.3 Å². The van der Waals surface area contributed by atoms with E-state index in [2.05, 4.69) is 56.5 Å². The summed E-state index contributed by atoms with van der Waals surface area (Å²) in [6.07, 6.45) is 3.11. The van der Waals surface area contributed by atoms with Gasteiger partial charge in [0.15, 0.2) is 0 Å². The Kier molecular flexibility index (Phi) is 4.07. The number of ether oxygens (including phenoxy) is 2. The molecule has 1 aromatic carbocycles. The van der Waals surface area contributed by atoms with Crippen molar-refractivity contribution < 1.29 is 9.47 Å². The predicted octanol–water partition coefficient (Wildman–Crippen LogP) is 5.14. The van der Waals surface area contributed by atoms with Gasteiger partial charge in [-0.05, 0) is 36.8 Å². The van der Waals surface area contributed by atoms with Crippen LogP contribution in [0.5, 0.6) is 5.75 Å². The van der Waals surface area contributed by atoms with Gasteiger partial charge < -0.3 is 9.47 Å². The molecule has 5 nitrogen and oxygen atoms in total. The van der Waals surface area contributed by atoms with Gasteiger partial charge in [0.05, 0.1) is 36.3 Å². The van der Waals surface area contributed by atoms with Crippen LogP contribution in [-0.4, -0.2) is 34.2 Å². The average molecular weight is 389 g/mol. The number of aromatic nitrogens is 3. The second-order valence-electron chi connectivity index (χ2n) is 9.26. The molecular weight excluding hydrogens is 362 g/mol. The predicted molar refractivity (Wildman–Crippen MR) is 116 cm³/mol. The minimum atomic E-state index is 0.0158. The van der Waals surface area contributed by atoms with Crippen LogP contribution in [0.15, 0.2) is 42.6 Å². The van der Waals surface area contributed by atoms with Crippen LogP contribution in [0.25, 0.3) is 27.6 Å². The van der Waals surface area contributed by atoms with Crippen molar-refractivity contribution >= 4 is 27.6 Å². The Morgan fingerprint density at radius 3 is 2.59 bits per heavy atom.